The van der Waals surface area contributed by atoms with Crippen molar-refractivity contribution in [1.82, 2.24) is 5.32 Å². The van der Waals surface area contributed by atoms with Crippen LogP contribution in [0.3, 0.4) is 0 Å². The maximum Gasteiger partial charge on any atom is 0.248 e. The van der Waals surface area contributed by atoms with Crippen molar-refractivity contribution in [2.24, 2.45) is 0 Å². The molecule has 0 radical (unpaired) electrons. The summed E-state index contributed by atoms with van der Waals surface area (Å²) in [6.07, 6.45) is 0. The van der Waals surface area contributed by atoms with Crippen molar-refractivity contribution in [2.75, 3.05) is 6.54 Å². The molecule has 0 bridgehead atoms. The molecule has 13 heavy (non-hydrogen) atoms. The lowest BCUT2D eigenvalue weighted by Crippen LogP contribution is -3.06. The van der Waals surface area contributed by atoms with E-state index in [0.717, 1.165) is 11.4 Å². The van der Waals surface area contributed by atoms with E-state index >= 15 is 0 Å². The van der Waals surface area contributed by atoms with Gasteiger partial charge in [-0.3, -0.25) is 4.79 Å². The van der Waals surface area contributed by atoms with Gasteiger partial charge in [-0.05, 0) is 6.67 Å². The van der Waals surface area contributed by atoms with Gasteiger partial charge in [-0.2, -0.15) is 0 Å². The van der Waals surface area contributed by atoms with E-state index in [4.69, 9.17) is 0 Å². The second-order valence-corrected chi connectivity index (χ2v) is 3.21. The first kappa shape index (κ1) is 8.26. The molecule has 0 spiro atoms. The van der Waals surface area contributed by atoms with Crippen LogP contribution >= 0.6 is 0 Å². The zero-order valence-electron chi connectivity index (χ0n) is 7.29. The maximum absolute atomic E-state index is 10.9. The molecular weight excluding hydrogens is 164 g/mol. The molecule has 0 aliphatic carbocycles. The summed E-state index contributed by atoms with van der Waals surface area (Å²) >= 11 is 0. The minimum atomic E-state index is 0.103. The monoisotopic (exact) mass is 176 g/mol. The first-order valence-corrected chi connectivity index (χ1v) is 4.36. The topological polar surface area (TPSA) is 33.5 Å². The molecular formula is C10H12N2O. The minimum absolute atomic E-state index is 0.103. The number of nitrogens with one attached hydrogen (secondary N) is 2. The predicted octanol–water partition coefficient (Wildman–Crippen LogP) is -0.679. The molecule has 1 aliphatic heterocycles. The van der Waals surface area contributed by atoms with E-state index in [0.29, 0.717) is 6.54 Å². The lowest BCUT2D eigenvalue weighted by atomic mass is 10.2. The standard InChI is InChI=1S/C10H12N2O/c13-10-7-12(8-11-10)6-9-4-2-1-3-5-9/h1-5,8,12H,6-7H2,(H,11,13). The summed E-state index contributed by atoms with van der Waals surface area (Å²) in [4.78, 5) is 12.0. The Hall–Kier alpha value is -1.35. The third-order valence-electron chi connectivity index (χ3n) is 2.10. The Balaban J connectivity index is 1.96. The molecule has 1 atom stereocenters. The largest absolute Gasteiger partial charge is 0.449 e. The average molecular weight is 176 g/mol. The van der Waals surface area contributed by atoms with Crippen LogP contribution in [-0.2, 0) is 11.3 Å². The molecule has 68 valence electrons. The molecule has 1 aliphatic rings. The average Bonchev–Trinajstić information content (AvgIpc) is 2.53. The van der Waals surface area contributed by atoms with Gasteiger partial charge >= 0.3 is 0 Å². The summed E-state index contributed by atoms with van der Waals surface area (Å²) in [5, 5.41) is 2.69. The van der Waals surface area contributed by atoms with Gasteiger partial charge in [0.1, 0.15) is 6.54 Å². The fraction of sp³-hybridized carbons (Fsp3) is 0.200. The van der Waals surface area contributed by atoms with E-state index < -0.39 is 0 Å². The molecule has 0 saturated carbocycles. The van der Waals surface area contributed by atoms with Crippen molar-refractivity contribution in [1.29, 1.82) is 0 Å². The first-order chi connectivity index (χ1) is 6.34. The Bertz CT molecular complexity index is 297. The van der Waals surface area contributed by atoms with Crippen molar-refractivity contribution in [3.05, 3.63) is 42.6 Å². The molecule has 1 heterocycles. The Morgan fingerprint density at radius 2 is 2.15 bits per heavy atom. The Labute approximate surface area is 77.4 Å². The molecule has 3 nitrogen and oxygen atoms in total. The predicted molar refractivity (Wildman–Crippen MR) is 48.4 cm³/mol. The van der Waals surface area contributed by atoms with E-state index in [1.54, 1.807) is 0 Å². The SMILES string of the molecule is O=C1C[NH+](Cc2ccccc2)[CH-]N1. The quantitative estimate of drug-likeness (QED) is 0.575. The lowest BCUT2D eigenvalue weighted by molar-refractivity contribution is -0.869. The summed E-state index contributed by atoms with van der Waals surface area (Å²) in [5.74, 6) is 0.103. The maximum atomic E-state index is 10.9. The van der Waals surface area contributed by atoms with Crippen LogP contribution in [0.25, 0.3) is 0 Å². The molecule has 0 aromatic heterocycles. The van der Waals surface area contributed by atoms with E-state index in [9.17, 15) is 4.79 Å². The smallest absolute Gasteiger partial charge is 0.248 e. The van der Waals surface area contributed by atoms with E-state index in [1.807, 2.05) is 24.9 Å². The van der Waals surface area contributed by atoms with Crippen LogP contribution in [0, 0.1) is 6.67 Å². The Morgan fingerprint density at radius 1 is 1.38 bits per heavy atom. The summed E-state index contributed by atoms with van der Waals surface area (Å²) in [7, 11) is 0. The number of quaternary nitrogens is 1. The summed E-state index contributed by atoms with van der Waals surface area (Å²) in [6.45, 7) is 3.24. The molecule has 2 N–H and O–H groups in total. The zero-order valence-corrected chi connectivity index (χ0v) is 7.29. The number of benzene rings is 1. The van der Waals surface area contributed by atoms with Gasteiger partial charge in [-0.25, -0.2) is 0 Å². The highest BCUT2D eigenvalue weighted by atomic mass is 16.2. The molecule has 1 aromatic rings. The fourth-order valence-electron chi connectivity index (χ4n) is 1.46. The van der Waals surface area contributed by atoms with Crippen molar-refractivity contribution in [3.63, 3.8) is 0 Å². The van der Waals surface area contributed by atoms with Crippen LogP contribution in [0.5, 0.6) is 0 Å². The van der Waals surface area contributed by atoms with Crippen molar-refractivity contribution < 1.29 is 9.69 Å². The highest BCUT2D eigenvalue weighted by Crippen LogP contribution is 1.95. The van der Waals surface area contributed by atoms with Gasteiger partial charge in [0.15, 0.2) is 0 Å². The summed E-state index contributed by atoms with van der Waals surface area (Å²) in [5.41, 5.74) is 1.25. The molecule has 2 rings (SSSR count). The molecule has 1 fully saturated rings. The van der Waals surface area contributed by atoms with Gasteiger partial charge in [0.25, 0.3) is 0 Å². The Kier molecular flexibility index (Phi) is 2.27. The van der Waals surface area contributed by atoms with Crippen molar-refractivity contribution >= 4 is 5.91 Å². The first-order valence-electron chi connectivity index (χ1n) is 4.36. The van der Waals surface area contributed by atoms with Crippen LogP contribution < -0.4 is 10.2 Å². The molecule has 1 aromatic carbocycles. The lowest BCUT2D eigenvalue weighted by Gasteiger charge is -2.17. The van der Waals surface area contributed by atoms with Crippen molar-refractivity contribution in [2.45, 2.75) is 6.54 Å². The number of rotatable bonds is 2. The van der Waals surface area contributed by atoms with Gasteiger partial charge in [-0.1, -0.05) is 30.3 Å². The van der Waals surface area contributed by atoms with E-state index in [1.165, 1.54) is 5.56 Å². The van der Waals surface area contributed by atoms with Crippen LogP contribution in [0.1, 0.15) is 5.56 Å². The number of carbonyl (C=O) groups is 1. The summed E-state index contributed by atoms with van der Waals surface area (Å²) in [6, 6.07) is 10.2. The van der Waals surface area contributed by atoms with Gasteiger partial charge in [0, 0.05) is 5.56 Å². The number of hydrogen-bond donors (Lipinski definition) is 2. The molecule has 3 heteroatoms. The van der Waals surface area contributed by atoms with Crippen LogP contribution in [0.15, 0.2) is 30.3 Å². The van der Waals surface area contributed by atoms with Gasteiger partial charge < -0.3 is 10.2 Å². The number of carbonyl (C=O) groups excluding carboxylic acids is 1. The highest BCUT2D eigenvalue weighted by molar-refractivity contribution is 5.78. The van der Waals surface area contributed by atoms with E-state index in [2.05, 4.69) is 17.4 Å². The molecule has 1 amide bonds. The second kappa shape index (κ2) is 3.58. The van der Waals surface area contributed by atoms with E-state index in [-0.39, 0.29) is 5.91 Å². The van der Waals surface area contributed by atoms with Gasteiger partial charge in [0.2, 0.25) is 5.91 Å². The van der Waals surface area contributed by atoms with Gasteiger partial charge in [-0.15, -0.1) is 0 Å². The Morgan fingerprint density at radius 3 is 2.77 bits per heavy atom. The van der Waals surface area contributed by atoms with Crippen LogP contribution in [0.4, 0.5) is 0 Å². The minimum Gasteiger partial charge on any atom is -0.449 e. The normalized spacial score (nSPS) is 21.5. The zero-order chi connectivity index (χ0) is 9.10. The van der Waals surface area contributed by atoms with Gasteiger partial charge in [0.05, 0.1) is 6.54 Å². The van der Waals surface area contributed by atoms with Crippen LogP contribution in [-0.4, -0.2) is 12.5 Å². The number of amides is 1. The second-order valence-electron chi connectivity index (χ2n) is 3.21. The third kappa shape index (κ3) is 2.06. The van der Waals surface area contributed by atoms with Crippen molar-refractivity contribution in [3.8, 4) is 0 Å². The summed E-state index contributed by atoms with van der Waals surface area (Å²) < 4.78 is 0. The fourth-order valence-corrected chi connectivity index (χ4v) is 1.46. The highest BCUT2D eigenvalue weighted by Gasteiger charge is 2.13. The number of hydrogen-bond acceptors (Lipinski definition) is 1. The third-order valence-corrected chi connectivity index (χ3v) is 2.10. The molecule has 1 saturated heterocycles. The van der Waals surface area contributed by atoms with Crippen LogP contribution in [0.2, 0.25) is 0 Å². The molecule has 1 unspecified atom stereocenters.